The molecule has 1 aliphatic rings. The summed E-state index contributed by atoms with van der Waals surface area (Å²) in [5.41, 5.74) is 4.60. The van der Waals surface area contributed by atoms with Crippen LogP contribution >= 0.6 is 11.3 Å². The number of ether oxygens (including phenoxy) is 1. The fourth-order valence-corrected chi connectivity index (χ4v) is 5.73. The molecule has 0 amide bonds. The number of benzene rings is 3. The maximum absolute atomic E-state index is 13.6. The summed E-state index contributed by atoms with van der Waals surface area (Å²) in [5, 5.41) is 12.1. The van der Waals surface area contributed by atoms with Crippen molar-refractivity contribution in [3.05, 3.63) is 99.4 Å². The minimum Gasteiger partial charge on any atom is -0.368 e. The standard InChI is InChI=1S/C27H25FN2O3S/c1-29(2)12-11-24(17-3-7-21(28)8-4-17)27-23-10-6-18(13-20(23)16-33-27)25-14-19-5-9-22(30(31)32)15-26(19)34-25/h3-10,13-15,24,27H,11-12,16H2,1-2H3. The number of non-ortho nitro benzene ring substituents is 1. The minimum atomic E-state index is -0.362. The quantitative estimate of drug-likeness (QED) is 0.215. The number of nitro groups is 1. The van der Waals surface area contributed by atoms with E-state index in [9.17, 15) is 14.5 Å². The van der Waals surface area contributed by atoms with Crippen LogP contribution in [0.1, 0.15) is 35.1 Å². The molecule has 1 aromatic heterocycles. The van der Waals surface area contributed by atoms with Crippen LogP contribution in [0.15, 0.2) is 66.7 Å². The summed E-state index contributed by atoms with van der Waals surface area (Å²) in [6.07, 6.45) is 0.819. The van der Waals surface area contributed by atoms with Crippen LogP contribution in [0.2, 0.25) is 0 Å². The summed E-state index contributed by atoms with van der Waals surface area (Å²) in [6, 6.07) is 20.2. The summed E-state index contributed by atoms with van der Waals surface area (Å²) in [4.78, 5) is 14.0. The van der Waals surface area contributed by atoms with E-state index in [0.29, 0.717) is 6.61 Å². The molecule has 5 nitrogen and oxygen atoms in total. The monoisotopic (exact) mass is 476 g/mol. The van der Waals surface area contributed by atoms with Crippen molar-refractivity contribution in [2.24, 2.45) is 0 Å². The lowest BCUT2D eigenvalue weighted by atomic mass is 9.85. The molecule has 0 bridgehead atoms. The van der Waals surface area contributed by atoms with Crippen molar-refractivity contribution >= 4 is 27.1 Å². The van der Waals surface area contributed by atoms with Gasteiger partial charge in [-0.3, -0.25) is 10.1 Å². The first-order valence-corrected chi connectivity index (χ1v) is 12.0. The van der Waals surface area contributed by atoms with Gasteiger partial charge in [0, 0.05) is 27.6 Å². The number of halogens is 1. The summed E-state index contributed by atoms with van der Waals surface area (Å²) in [5.74, 6) is -0.110. The van der Waals surface area contributed by atoms with Gasteiger partial charge in [-0.2, -0.15) is 0 Å². The molecule has 0 fully saturated rings. The maximum atomic E-state index is 13.6. The van der Waals surface area contributed by atoms with Gasteiger partial charge < -0.3 is 9.64 Å². The number of thiophene rings is 1. The third-order valence-corrected chi connectivity index (χ3v) is 7.56. The highest BCUT2D eigenvalue weighted by Crippen LogP contribution is 2.45. The highest BCUT2D eigenvalue weighted by molar-refractivity contribution is 7.22. The van der Waals surface area contributed by atoms with Crippen molar-refractivity contribution in [3.8, 4) is 10.4 Å². The molecule has 0 N–H and O–H groups in total. The first-order chi connectivity index (χ1) is 16.4. The van der Waals surface area contributed by atoms with Crippen LogP contribution in [0.25, 0.3) is 20.5 Å². The minimum absolute atomic E-state index is 0.0838. The molecule has 2 heterocycles. The van der Waals surface area contributed by atoms with Crippen molar-refractivity contribution in [3.63, 3.8) is 0 Å². The molecule has 0 radical (unpaired) electrons. The van der Waals surface area contributed by atoms with Crippen LogP contribution in [0.4, 0.5) is 10.1 Å². The van der Waals surface area contributed by atoms with Gasteiger partial charge >= 0.3 is 0 Å². The lowest BCUT2D eigenvalue weighted by Gasteiger charge is -2.26. The first-order valence-electron chi connectivity index (χ1n) is 11.2. The summed E-state index contributed by atoms with van der Waals surface area (Å²) < 4.78 is 20.8. The highest BCUT2D eigenvalue weighted by atomic mass is 32.1. The molecular weight excluding hydrogens is 451 g/mol. The summed E-state index contributed by atoms with van der Waals surface area (Å²) in [6.45, 7) is 1.44. The van der Waals surface area contributed by atoms with E-state index in [-0.39, 0.29) is 28.4 Å². The molecule has 4 aromatic rings. The Morgan fingerprint density at radius 1 is 1.12 bits per heavy atom. The van der Waals surface area contributed by atoms with Crippen molar-refractivity contribution in [2.75, 3.05) is 20.6 Å². The molecule has 1 aliphatic heterocycles. The summed E-state index contributed by atoms with van der Waals surface area (Å²) >= 11 is 1.56. The van der Waals surface area contributed by atoms with E-state index in [1.807, 2.05) is 12.1 Å². The van der Waals surface area contributed by atoms with Crippen LogP contribution < -0.4 is 0 Å². The number of hydrogen-bond donors (Lipinski definition) is 0. The van der Waals surface area contributed by atoms with Gasteiger partial charge in [-0.1, -0.05) is 24.3 Å². The van der Waals surface area contributed by atoms with E-state index < -0.39 is 0 Å². The second-order valence-corrected chi connectivity index (χ2v) is 10.1. The number of fused-ring (bicyclic) bond motifs is 2. The largest absolute Gasteiger partial charge is 0.368 e. The Balaban J connectivity index is 1.46. The molecular formula is C27H25FN2O3S. The smallest absolute Gasteiger partial charge is 0.270 e. The highest BCUT2D eigenvalue weighted by Gasteiger charge is 2.32. The topological polar surface area (TPSA) is 55.6 Å². The molecule has 7 heteroatoms. The lowest BCUT2D eigenvalue weighted by Crippen LogP contribution is -2.19. The summed E-state index contributed by atoms with van der Waals surface area (Å²) in [7, 11) is 4.11. The Morgan fingerprint density at radius 2 is 1.91 bits per heavy atom. The number of rotatable bonds is 7. The Hall–Kier alpha value is -3.13. The fourth-order valence-electron chi connectivity index (χ4n) is 4.64. The van der Waals surface area contributed by atoms with Gasteiger partial charge in [-0.15, -0.1) is 11.3 Å². The molecule has 2 unspecified atom stereocenters. The average Bonchev–Trinajstić information content (AvgIpc) is 3.43. The third-order valence-electron chi connectivity index (χ3n) is 6.42. The van der Waals surface area contributed by atoms with E-state index in [0.717, 1.165) is 44.6 Å². The van der Waals surface area contributed by atoms with E-state index in [4.69, 9.17) is 4.74 Å². The predicted molar refractivity (Wildman–Crippen MR) is 134 cm³/mol. The number of hydrogen-bond acceptors (Lipinski definition) is 5. The Morgan fingerprint density at radius 3 is 2.65 bits per heavy atom. The Bertz CT molecular complexity index is 1350. The van der Waals surface area contributed by atoms with Gasteiger partial charge in [0.2, 0.25) is 0 Å². The van der Waals surface area contributed by atoms with Crippen LogP contribution in [0.3, 0.4) is 0 Å². The van der Waals surface area contributed by atoms with Crippen LogP contribution in [-0.2, 0) is 11.3 Å². The molecule has 0 saturated carbocycles. The second-order valence-electron chi connectivity index (χ2n) is 8.99. The van der Waals surface area contributed by atoms with Crippen LogP contribution in [-0.4, -0.2) is 30.5 Å². The SMILES string of the molecule is CN(C)CCC(c1ccc(F)cc1)C1OCc2cc(-c3cc4ccc([N+](=O)[O-])cc4s3)ccc21. The molecule has 0 aliphatic carbocycles. The molecule has 174 valence electrons. The average molecular weight is 477 g/mol. The third kappa shape index (κ3) is 4.46. The van der Waals surface area contributed by atoms with E-state index in [2.05, 4.69) is 43.3 Å². The van der Waals surface area contributed by atoms with Gasteiger partial charge in [-0.05, 0) is 85.0 Å². The van der Waals surface area contributed by atoms with Gasteiger partial charge in [0.1, 0.15) is 5.82 Å². The van der Waals surface area contributed by atoms with Crippen molar-refractivity contribution in [1.29, 1.82) is 0 Å². The fraction of sp³-hybridized carbons (Fsp3) is 0.259. The molecule has 5 rings (SSSR count). The van der Waals surface area contributed by atoms with E-state index in [1.54, 1.807) is 29.5 Å². The van der Waals surface area contributed by atoms with Crippen LogP contribution in [0.5, 0.6) is 0 Å². The normalized spacial score (nSPS) is 16.2. The van der Waals surface area contributed by atoms with Gasteiger partial charge in [0.05, 0.1) is 17.6 Å². The first kappa shape index (κ1) is 22.7. The zero-order chi connectivity index (χ0) is 23.8. The zero-order valence-electron chi connectivity index (χ0n) is 19.0. The predicted octanol–water partition coefficient (Wildman–Crippen LogP) is 6.92. The van der Waals surface area contributed by atoms with Crippen LogP contribution in [0, 0.1) is 15.9 Å². The van der Waals surface area contributed by atoms with Gasteiger partial charge in [-0.25, -0.2) is 4.39 Å². The molecule has 3 aromatic carbocycles. The van der Waals surface area contributed by atoms with Crippen molar-refractivity contribution in [2.45, 2.75) is 25.0 Å². The lowest BCUT2D eigenvalue weighted by molar-refractivity contribution is -0.384. The van der Waals surface area contributed by atoms with Gasteiger partial charge in [0.15, 0.2) is 0 Å². The number of nitro benzene ring substituents is 1. The van der Waals surface area contributed by atoms with E-state index in [1.165, 1.54) is 17.7 Å². The molecule has 0 spiro atoms. The molecule has 34 heavy (non-hydrogen) atoms. The maximum Gasteiger partial charge on any atom is 0.270 e. The van der Waals surface area contributed by atoms with Crippen molar-refractivity contribution < 1.29 is 14.1 Å². The zero-order valence-corrected chi connectivity index (χ0v) is 19.8. The Kier molecular flexibility index (Phi) is 6.16. The van der Waals surface area contributed by atoms with E-state index >= 15 is 0 Å². The molecule has 2 atom stereocenters. The van der Waals surface area contributed by atoms with Gasteiger partial charge in [0.25, 0.3) is 5.69 Å². The number of nitrogens with zero attached hydrogens (tertiary/aromatic N) is 2. The van der Waals surface area contributed by atoms with Crippen molar-refractivity contribution in [1.82, 2.24) is 4.90 Å². The second kappa shape index (κ2) is 9.25. The molecule has 0 saturated heterocycles. The Labute approximate surface area is 201 Å².